The van der Waals surface area contributed by atoms with Crippen molar-refractivity contribution >= 4 is 22.4 Å². The monoisotopic (exact) mass is 340 g/mol. The molecule has 0 bridgehead atoms. The number of aliphatic hydroxyl groups is 1. The topological polar surface area (TPSA) is 68.7 Å². The number of anilines is 1. The van der Waals surface area contributed by atoms with Crippen molar-refractivity contribution in [3.8, 4) is 0 Å². The molecule has 2 heterocycles. The molecule has 2 rings (SSSR count). The van der Waals surface area contributed by atoms with Crippen LogP contribution in [0, 0.1) is 18.8 Å². The number of aliphatic hydroxyl groups excluding tert-OH is 1. The molecule has 2 atom stereocenters. The summed E-state index contributed by atoms with van der Waals surface area (Å²) in [5.74, 6) is 0.617. The van der Waals surface area contributed by atoms with Gasteiger partial charge in [-0.25, -0.2) is 4.98 Å². The highest BCUT2D eigenvalue weighted by atomic mass is 32.1. The van der Waals surface area contributed by atoms with Crippen molar-refractivity contribution in [1.29, 1.82) is 0 Å². The van der Waals surface area contributed by atoms with Gasteiger partial charge < -0.3 is 20.2 Å². The minimum Gasteiger partial charge on any atom is -0.396 e. The average Bonchev–Trinajstić information content (AvgIpc) is 2.86. The van der Waals surface area contributed by atoms with Crippen LogP contribution in [0.3, 0.4) is 0 Å². The van der Waals surface area contributed by atoms with Gasteiger partial charge in [0.1, 0.15) is 4.88 Å². The number of thiazole rings is 1. The molecule has 1 fully saturated rings. The Bertz CT molecular complexity index is 532. The summed E-state index contributed by atoms with van der Waals surface area (Å²) in [5.41, 5.74) is 0.784. The van der Waals surface area contributed by atoms with Crippen LogP contribution >= 0.6 is 11.3 Å². The molecular formula is C16H28N4O2S. The first kappa shape index (κ1) is 18.2. The Morgan fingerprint density at radius 1 is 1.43 bits per heavy atom. The predicted molar refractivity (Wildman–Crippen MR) is 94.2 cm³/mol. The van der Waals surface area contributed by atoms with Crippen molar-refractivity contribution in [1.82, 2.24) is 14.8 Å². The van der Waals surface area contributed by atoms with E-state index in [-0.39, 0.29) is 18.4 Å². The molecule has 1 aliphatic rings. The van der Waals surface area contributed by atoms with Crippen LogP contribution in [-0.4, -0.2) is 72.7 Å². The van der Waals surface area contributed by atoms with Crippen molar-refractivity contribution in [3.05, 3.63) is 10.6 Å². The van der Waals surface area contributed by atoms with Crippen LogP contribution in [0.4, 0.5) is 5.13 Å². The lowest BCUT2D eigenvalue weighted by Gasteiger charge is -2.38. The first-order valence-electron chi connectivity index (χ1n) is 8.20. The second kappa shape index (κ2) is 8.08. The molecule has 6 nitrogen and oxygen atoms in total. The third-order valence-electron chi connectivity index (χ3n) is 4.11. The van der Waals surface area contributed by atoms with Crippen molar-refractivity contribution in [3.63, 3.8) is 0 Å². The fourth-order valence-electron chi connectivity index (χ4n) is 3.23. The molecule has 1 aromatic rings. The number of likely N-dealkylation sites (tertiary alicyclic amines) is 1. The maximum absolute atomic E-state index is 12.9. The maximum atomic E-state index is 12.9. The Morgan fingerprint density at radius 3 is 2.74 bits per heavy atom. The smallest absolute Gasteiger partial charge is 0.265 e. The van der Waals surface area contributed by atoms with Gasteiger partial charge in [0, 0.05) is 32.8 Å². The summed E-state index contributed by atoms with van der Waals surface area (Å²) < 4.78 is 0. The average molecular weight is 340 g/mol. The van der Waals surface area contributed by atoms with E-state index < -0.39 is 0 Å². The largest absolute Gasteiger partial charge is 0.396 e. The van der Waals surface area contributed by atoms with Gasteiger partial charge in [-0.2, -0.15) is 0 Å². The molecule has 0 unspecified atom stereocenters. The fraction of sp³-hybridized carbons (Fsp3) is 0.750. The number of rotatable bonds is 6. The number of nitrogens with one attached hydrogen (secondary N) is 1. The molecule has 130 valence electrons. The van der Waals surface area contributed by atoms with Gasteiger partial charge in [0.15, 0.2) is 5.13 Å². The third-order valence-corrected chi connectivity index (χ3v) is 5.21. The van der Waals surface area contributed by atoms with Crippen LogP contribution in [0.1, 0.15) is 28.7 Å². The summed E-state index contributed by atoms with van der Waals surface area (Å²) in [4.78, 5) is 22.1. The van der Waals surface area contributed by atoms with Crippen LogP contribution in [0.2, 0.25) is 0 Å². The Balaban J connectivity index is 2.13. The summed E-state index contributed by atoms with van der Waals surface area (Å²) in [6, 6.07) is 0. The van der Waals surface area contributed by atoms with Crippen molar-refractivity contribution < 1.29 is 9.90 Å². The number of hydrogen-bond acceptors (Lipinski definition) is 6. The van der Waals surface area contributed by atoms with Gasteiger partial charge in [0.05, 0.1) is 5.69 Å². The molecule has 1 amide bonds. The molecule has 1 saturated heterocycles. The van der Waals surface area contributed by atoms with Gasteiger partial charge >= 0.3 is 0 Å². The number of amides is 1. The van der Waals surface area contributed by atoms with Crippen LogP contribution in [-0.2, 0) is 0 Å². The zero-order chi connectivity index (χ0) is 17.0. The van der Waals surface area contributed by atoms with Gasteiger partial charge in [-0.05, 0) is 46.2 Å². The number of aromatic nitrogens is 1. The number of carbonyl (C=O) groups excluding carboxylic acids is 1. The van der Waals surface area contributed by atoms with E-state index in [1.54, 1.807) is 0 Å². The Kier molecular flexibility index (Phi) is 6.38. The highest BCUT2D eigenvalue weighted by Gasteiger charge is 2.32. The molecule has 0 aromatic carbocycles. The Labute approximate surface area is 142 Å². The van der Waals surface area contributed by atoms with Crippen LogP contribution in [0.25, 0.3) is 0 Å². The second-order valence-corrected chi connectivity index (χ2v) is 7.59. The molecule has 7 heteroatoms. The SMILES string of the molecule is CCNc1nc(C)c(C(=O)N2C[C@@H](CN(C)C)C[C@H](CO)C2)s1. The van der Waals surface area contributed by atoms with Gasteiger partial charge in [-0.1, -0.05) is 11.3 Å². The lowest BCUT2D eigenvalue weighted by atomic mass is 9.89. The van der Waals surface area contributed by atoms with Gasteiger partial charge in [0.25, 0.3) is 5.91 Å². The third kappa shape index (κ3) is 4.65. The van der Waals surface area contributed by atoms with E-state index in [0.717, 1.165) is 36.9 Å². The summed E-state index contributed by atoms with van der Waals surface area (Å²) in [6.45, 7) is 7.15. The molecule has 0 aliphatic carbocycles. The lowest BCUT2D eigenvalue weighted by Crippen LogP contribution is -2.47. The summed E-state index contributed by atoms with van der Waals surface area (Å²) in [5, 5.41) is 13.5. The summed E-state index contributed by atoms with van der Waals surface area (Å²) in [7, 11) is 4.09. The van der Waals surface area contributed by atoms with Crippen molar-refractivity contribution in [2.75, 3.05) is 52.2 Å². The van der Waals surface area contributed by atoms with Gasteiger partial charge in [-0.3, -0.25) is 4.79 Å². The summed E-state index contributed by atoms with van der Waals surface area (Å²) >= 11 is 1.42. The first-order chi connectivity index (χ1) is 10.9. The molecular weight excluding hydrogens is 312 g/mol. The molecule has 0 spiro atoms. The first-order valence-corrected chi connectivity index (χ1v) is 9.02. The van der Waals surface area contributed by atoms with E-state index in [1.807, 2.05) is 32.8 Å². The van der Waals surface area contributed by atoms with Gasteiger partial charge in [0.2, 0.25) is 0 Å². The van der Waals surface area contributed by atoms with Crippen molar-refractivity contribution in [2.45, 2.75) is 20.3 Å². The molecule has 0 radical (unpaired) electrons. The molecule has 23 heavy (non-hydrogen) atoms. The van der Waals surface area contributed by atoms with E-state index in [0.29, 0.717) is 17.3 Å². The van der Waals surface area contributed by atoms with Crippen LogP contribution in [0.5, 0.6) is 0 Å². The normalized spacial score (nSPS) is 21.7. The van der Waals surface area contributed by atoms with Crippen LogP contribution in [0.15, 0.2) is 0 Å². The molecule has 2 N–H and O–H groups in total. The summed E-state index contributed by atoms with van der Waals surface area (Å²) in [6.07, 6.45) is 0.975. The van der Waals surface area contributed by atoms with E-state index in [2.05, 4.69) is 15.2 Å². The zero-order valence-electron chi connectivity index (χ0n) is 14.5. The molecule has 1 aromatic heterocycles. The lowest BCUT2D eigenvalue weighted by molar-refractivity contribution is 0.0481. The number of nitrogens with zero attached hydrogens (tertiary/aromatic N) is 3. The number of hydrogen-bond donors (Lipinski definition) is 2. The number of carbonyl (C=O) groups is 1. The quantitative estimate of drug-likeness (QED) is 0.822. The number of aryl methyl sites for hydroxylation is 1. The highest BCUT2D eigenvalue weighted by Crippen LogP contribution is 2.28. The number of piperidine rings is 1. The maximum Gasteiger partial charge on any atom is 0.265 e. The standard InChI is InChI=1S/C16H28N4O2S/c1-5-17-16-18-11(2)14(23-16)15(22)20-8-12(7-19(3)4)6-13(9-20)10-21/h12-13,21H,5-10H2,1-4H3,(H,17,18)/t12-,13+/m1/s1. The fourth-order valence-corrected chi connectivity index (χ4v) is 4.23. The zero-order valence-corrected chi connectivity index (χ0v) is 15.3. The van der Waals surface area contributed by atoms with E-state index in [1.165, 1.54) is 11.3 Å². The van der Waals surface area contributed by atoms with Gasteiger partial charge in [-0.15, -0.1) is 0 Å². The van der Waals surface area contributed by atoms with Crippen molar-refractivity contribution in [2.24, 2.45) is 11.8 Å². The molecule has 0 saturated carbocycles. The molecule has 1 aliphatic heterocycles. The highest BCUT2D eigenvalue weighted by molar-refractivity contribution is 7.17. The Hall–Kier alpha value is -1.18. The predicted octanol–water partition coefficient (Wildman–Crippen LogP) is 1.52. The minimum atomic E-state index is 0.0473. The van der Waals surface area contributed by atoms with E-state index in [9.17, 15) is 9.90 Å². The van der Waals surface area contributed by atoms with E-state index in [4.69, 9.17) is 0 Å². The second-order valence-electron chi connectivity index (χ2n) is 6.59. The van der Waals surface area contributed by atoms with Crippen LogP contribution < -0.4 is 5.32 Å². The minimum absolute atomic E-state index is 0.0473. The van der Waals surface area contributed by atoms with E-state index >= 15 is 0 Å². The Morgan fingerprint density at radius 2 is 2.13 bits per heavy atom.